The monoisotopic (exact) mass is 488 g/mol. The molecule has 0 fully saturated rings. The van der Waals surface area contributed by atoms with Crippen molar-refractivity contribution in [3.63, 3.8) is 0 Å². The molecule has 0 heterocycles. The molecule has 3 rings (SSSR count). The minimum absolute atomic E-state index is 0.328. The van der Waals surface area contributed by atoms with Gasteiger partial charge in [0.2, 0.25) is 0 Å². The summed E-state index contributed by atoms with van der Waals surface area (Å²) in [5, 5.41) is 0. The molecular formula is C29H28O7. The molecular weight excluding hydrogens is 460 g/mol. The third kappa shape index (κ3) is 8.43. The lowest BCUT2D eigenvalue weighted by molar-refractivity contribution is -0.137. The van der Waals surface area contributed by atoms with Gasteiger partial charge in [0.1, 0.15) is 17.2 Å². The van der Waals surface area contributed by atoms with E-state index in [9.17, 15) is 14.4 Å². The molecule has 0 saturated heterocycles. The van der Waals surface area contributed by atoms with Crippen LogP contribution in [0.1, 0.15) is 45.5 Å². The Kier molecular flexibility index (Phi) is 9.82. The summed E-state index contributed by atoms with van der Waals surface area (Å²) in [6.45, 7) is 6.16. The van der Waals surface area contributed by atoms with E-state index in [0.717, 1.165) is 30.9 Å². The zero-order valence-electron chi connectivity index (χ0n) is 20.1. The summed E-state index contributed by atoms with van der Waals surface area (Å²) in [5.74, 6) is -0.0735. The Bertz CT molecular complexity index is 1160. The highest BCUT2D eigenvalue weighted by molar-refractivity contribution is 5.92. The van der Waals surface area contributed by atoms with E-state index in [1.54, 1.807) is 60.7 Å². The third-order valence-electron chi connectivity index (χ3n) is 5.09. The van der Waals surface area contributed by atoms with E-state index >= 15 is 0 Å². The fraction of sp³-hybridized carbons (Fsp3) is 0.207. The van der Waals surface area contributed by atoms with Crippen LogP contribution in [0, 0.1) is 6.92 Å². The predicted octanol–water partition coefficient (Wildman–Crippen LogP) is 5.71. The maximum Gasteiger partial charge on any atom is 0.343 e. The molecule has 0 aromatic heterocycles. The van der Waals surface area contributed by atoms with E-state index < -0.39 is 17.9 Å². The molecule has 0 aliphatic carbocycles. The summed E-state index contributed by atoms with van der Waals surface area (Å²) in [5.41, 5.74) is 1.88. The van der Waals surface area contributed by atoms with E-state index in [2.05, 4.69) is 6.58 Å². The lowest BCUT2D eigenvalue weighted by Gasteiger charge is -2.08. The quantitative estimate of drug-likeness (QED) is 0.140. The SMILES string of the molecule is C=CC(=O)OCCCCCOc1ccc(C(=O)Oc2ccc(OC(=O)c3ccc(C)cc3)cc2)cc1. The number of ether oxygens (including phenoxy) is 4. The normalized spacial score (nSPS) is 10.2. The summed E-state index contributed by atoms with van der Waals surface area (Å²) in [7, 11) is 0. The molecule has 36 heavy (non-hydrogen) atoms. The highest BCUT2D eigenvalue weighted by Gasteiger charge is 2.11. The van der Waals surface area contributed by atoms with Crippen LogP contribution < -0.4 is 14.2 Å². The van der Waals surface area contributed by atoms with Crippen LogP contribution in [0.4, 0.5) is 0 Å². The number of carbonyl (C=O) groups is 3. The van der Waals surface area contributed by atoms with Crippen molar-refractivity contribution in [2.24, 2.45) is 0 Å². The second-order valence-electron chi connectivity index (χ2n) is 7.92. The van der Waals surface area contributed by atoms with E-state index in [0.29, 0.717) is 41.6 Å². The number of esters is 3. The van der Waals surface area contributed by atoms with Crippen molar-refractivity contribution >= 4 is 17.9 Å². The van der Waals surface area contributed by atoms with Gasteiger partial charge in [0.25, 0.3) is 0 Å². The van der Waals surface area contributed by atoms with Crippen LogP contribution in [0.15, 0.2) is 85.5 Å². The first-order chi connectivity index (χ1) is 17.4. The van der Waals surface area contributed by atoms with E-state index in [1.165, 1.54) is 0 Å². The molecule has 0 spiro atoms. The van der Waals surface area contributed by atoms with Crippen molar-refractivity contribution in [1.29, 1.82) is 0 Å². The average molecular weight is 489 g/mol. The van der Waals surface area contributed by atoms with Gasteiger partial charge in [0, 0.05) is 6.08 Å². The Hall–Kier alpha value is -4.39. The van der Waals surface area contributed by atoms with Gasteiger partial charge in [-0.05, 0) is 86.8 Å². The molecule has 0 amide bonds. The number of hydrogen-bond donors (Lipinski definition) is 0. The molecule has 3 aromatic carbocycles. The molecule has 7 nitrogen and oxygen atoms in total. The number of benzene rings is 3. The maximum atomic E-state index is 12.4. The summed E-state index contributed by atoms with van der Waals surface area (Å²) in [6, 6.07) is 20.0. The number of aryl methyl sites for hydroxylation is 1. The van der Waals surface area contributed by atoms with Gasteiger partial charge in [-0.2, -0.15) is 0 Å². The predicted molar refractivity (Wildman–Crippen MR) is 134 cm³/mol. The van der Waals surface area contributed by atoms with E-state index in [4.69, 9.17) is 18.9 Å². The summed E-state index contributed by atoms with van der Waals surface area (Å²) in [6.07, 6.45) is 3.57. The Morgan fingerprint density at radius 1 is 0.667 bits per heavy atom. The Morgan fingerprint density at radius 2 is 1.14 bits per heavy atom. The van der Waals surface area contributed by atoms with E-state index in [1.807, 2.05) is 19.1 Å². The molecule has 0 bridgehead atoms. The third-order valence-corrected chi connectivity index (χ3v) is 5.09. The minimum atomic E-state index is -0.514. The van der Waals surface area contributed by atoms with Crippen LogP contribution >= 0.6 is 0 Å². The highest BCUT2D eigenvalue weighted by Crippen LogP contribution is 2.21. The molecule has 0 aliphatic rings. The Morgan fingerprint density at radius 3 is 1.67 bits per heavy atom. The van der Waals surface area contributed by atoms with Gasteiger partial charge in [-0.3, -0.25) is 0 Å². The molecule has 7 heteroatoms. The van der Waals surface area contributed by atoms with Crippen molar-refractivity contribution in [3.8, 4) is 17.2 Å². The van der Waals surface area contributed by atoms with Crippen molar-refractivity contribution in [3.05, 3.63) is 102 Å². The second-order valence-corrected chi connectivity index (χ2v) is 7.92. The Labute approximate surface area is 210 Å². The lowest BCUT2D eigenvalue weighted by atomic mass is 10.1. The molecule has 0 saturated carbocycles. The number of hydrogen-bond acceptors (Lipinski definition) is 7. The Balaban J connectivity index is 1.40. The molecule has 186 valence electrons. The van der Waals surface area contributed by atoms with Crippen molar-refractivity contribution < 1.29 is 33.3 Å². The topological polar surface area (TPSA) is 88.1 Å². The van der Waals surface area contributed by atoms with E-state index in [-0.39, 0.29) is 0 Å². The zero-order valence-corrected chi connectivity index (χ0v) is 20.1. The van der Waals surface area contributed by atoms with Gasteiger partial charge in [-0.25, -0.2) is 14.4 Å². The average Bonchev–Trinajstić information content (AvgIpc) is 2.89. The first-order valence-corrected chi connectivity index (χ1v) is 11.6. The van der Waals surface area contributed by atoms with Gasteiger partial charge in [0.15, 0.2) is 0 Å². The molecule has 0 N–H and O–H groups in total. The molecule has 3 aromatic rings. The number of carbonyl (C=O) groups excluding carboxylic acids is 3. The van der Waals surface area contributed by atoms with Crippen molar-refractivity contribution in [2.45, 2.75) is 26.2 Å². The van der Waals surface area contributed by atoms with Crippen LogP contribution in [0.3, 0.4) is 0 Å². The van der Waals surface area contributed by atoms with Crippen molar-refractivity contribution in [1.82, 2.24) is 0 Å². The summed E-state index contributed by atoms with van der Waals surface area (Å²) >= 11 is 0. The van der Waals surface area contributed by atoms with Crippen LogP contribution in [-0.2, 0) is 9.53 Å². The van der Waals surface area contributed by atoms with Gasteiger partial charge in [0.05, 0.1) is 24.3 Å². The summed E-state index contributed by atoms with van der Waals surface area (Å²) in [4.78, 5) is 35.6. The van der Waals surface area contributed by atoms with Crippen LogP contribution in [0.5, 0.6) is 17.2 Å². The highest BCUT2D eigenvalue weighted by atomic mass is 16.5. The standard InChI is InChI=1S/C29H28O7/c1-3-27(30)34-20-6-4-5-19-33-24-13-11-23(12-14-24)29(32)36-26-17-15-25(16-18-26)35-28(31)22-9-7-21(2)8-10-22/h3,7-18H,1,4-6,19-20H2,2H3. The van der Waals surface area contributed by atoms with Gasteiger partial charge < -0.3 is 18.9 Å². The largest absolute Gasteiger partial charge is 0.494 e. The van der Waals surface area contributed by atoms with Gasteiger partial charge >= 0.3 is 17.9 Å². The van der Waals surface area contributed by atoms with Crippen LogP contribution in [0.2, 0.25) is 0 Å². The zero-order chi connectivity index (χ0) is 25.8. The fourth-order valence-corrected chi connectivity index (χ4v) is 3.09. The molecule has 0 radical (unpaired) electrons. The fourth-order valence-electron chi connectivity index (χ4n) is 3.09. The lowest BCUT2D eigenvalue weighted by Crippen LogP contribution is -2.09. The maximum absolute atomic E-state index is 12.4. The smallest absolute Gasteiger partial charge is 0.343 e. The molecule has 0 unspecified atom stereocenters. The van der Waals surface area contributed by atoms with Crippen molar-refractivity contribution in [2.75, 3.05) is 13.2 Å². The first-order valence-electron chi connectivity index (χ1n) is 11.6. The van der Waals surface area contributed by atoms with Gasteiger partial charge in [-0.15, -0.1) is 0 Å². The van der Waals surface area contributed by atoms with Crippen LogP contribution in [-0.4, -0.2) is 31.1 Å². The molecule has 0 aliphatic heterocycles. The number of unbranched alkanes of at least 4 members (excludes halogenated alkanes) is 2. The summed E-state index contributed by atoms with van der Waals surface area (Å²) < 4.78 is 21.3. The van der Waals surface area contributed by atoms with Crippen LogP contribution in [0.25, 0.3) is 0 Å². The second kappa shape index (κ2) is 13.5. The minimum Gasteiger partial charge on any atom is -0.494 e. The van der Waals surface area contributed by atoms with Gasteiger partial charge in [-0.1, -0.05) is 24.3 Å². The first kappa shape index (κ1) is 26.2. The number of rotatable bonds is 12. The molecule has 0 atom stereocenters.